The number of nitrogens with one attached hydrogen (secondary N) is 1. The zero-order chi connectivity index (χ0) is 17.6. The standard InChI is InChI=1S/C17H17BrN6S/c1-12-5-2-3-7-14(12)11-25-17-23-22-16(24(17)19)21-20-10-13-6-4-8-15(18)9-13/h2-10H,11,19H2,1H3,(H,21,22)/b20-10+. The number of anilines is 1. The summed E-state index contributed by atoms with van der Waals surface area (Å²) in [5.41, 5.74) is 6.27. The minimum Gasteiger partial charge on any atom is -0.334 e. The quantitative estimate of drug-likeness (QED) is 0.276. The van der Waals surface area contributed by atoms with Crippen LogP contribution in [0.25, 0.3) is 0 Å². The Balaban J connectivity index is 1.62. The number of thioether (sulfide) groups is 1. The van der Waals surface area contributed by atoms with Crippen LogP contribution in [-0.4, -0.2) is 21.1 Å². The smallest absolute Gasteiger partial charge is 0.264 e. The first-order valence-corrected chi connectivity index (χ1v) is 9.34. The van der Waals surface area contributed by atoms with E-state index in [1.54, 1.807) is 6.21 Å². The van der Waals surface area contributed by atoms with Crippen molar-refractivity contribution in [3.63, 3.8) is 0 Å². The van der Waals surface area contributed by atoms with Gasteiger partial charge in [-0.15, -0.1) is 10.2 Å². The molecule has 0 bridgehead atoms. The third-order valence-corrected chi connectivity index (χ3v) is 4.99. The van der Waals surface area contributed by atoms with Crippen molar-refractivity contribution in [2.45, 2.75) is 17.8 Å². The second-order valence-electron chi connectivity index (χ2n) is 5.32. The van der Waals surface area contributed by atoms with E-state index in [-0.39, 0.29) is 0 Å². The number of benzene rings is 2. The van der Waals surface area contributed by atoms with Crippen LogP contribution in [0.5, 0.6) is 0 Å². The van der Waals surface area contributed by atoms with Gasteiger partial charge in [0.2, 0.25) is 5.16 Å². The molecular formula is C17H17BrN6S. The number of aryl methyl sites for hydroxylation is 1. The van der Waals surface area contributed by atoms with E-state index in [4.69, 9.17) is 5.84 Å². The number of halogens is 1. The fourth-order valence-corrected chi connectivity index (χ4v) is 3.47. The molecule has 0 saturated carbocycles. The fourth-order valence-electron chi connectivity index (χ4n) is 2.12. The summed E-state index contributed by atoms with van der Waals surface area (Å²) in [5, 5.41) is 12.9. The van der Waals surface area contributed by atoms with Gasteiger partial charge in [-0.25, -0.2) is 10.1 Å². The molecule has 0 fully saturated rings. The Kier molecular flexibility index (Phi) is 5.72. The van der Waals surface area contributed by atoms with Gasteiger partial charge in [-0.2, -0.15) is 5.10 Å². The summed E-state index contributed by atoms with van der Waals surface area (Å²) in [5.74, 6) is 7.20. The maximum absolute atomic E-state index is 6.04. The number of nitrogens with zero attached hydrogens (tertiary/aromatic N) is 4. The molecule has 3 rings (SSSR count). The molecule has 0 saturated heterocycles. The Morgan fingerprint density at radius 1 is 1.24 bits per heavy atom. The molecule has 1 aromatic heterocycles. The van der Waals surface area contributed by atoms with Crippen LogP contribution in [0.4, 0.5) is 5.95 Å². The molecule has 25 heavy (non-hydrogen) atoms. The molecule has 3 N–H and O–H groups in total. The van der Waals surface area contributed by atoms with Gasteiger partial charge in [0, 0.05) is 10.2 Å². The molecule has 0 unspecified atom stereocenters. The monoisotopic (exact) mass is 416 g/mol. The average molecular weight is 417 g/mol. The van der Waals surface area contributed by atoms with Crippen LogP contribution < -0.4 is 11.3 Å². The number of nitrogens with two attached hydrogens (primary N) is 1. The lowest BCUT2D eigenvalue weighted by Gasteiger charge is -2.05. The topological polar surface area (TPSA) is 81.1 Å². The largest absolute Gasteiger partial charge is 0.334 e. The Bertz CT molecular complexity index is 892. The molecule has 128 valence electrons. The minimum absolute atomic E-state index is 0.388. The zero-order valence-electron chi connectivity index (χ0n) is 13.6. The van der Waals surface area contributed by atoms with Gasteiger partial charge in [-0.1, -0.05) is 64.1 Å². The predicted octanol–water partition coefficient (Wildman–Crippen LogP) is 3.80. The summed E-state index contributed by atoms with van der Waals surface area (Å²) in [6.07, 6.45) is 1.69. The molecule has 3 aromatic rings. The zero-order valence-corrected chi connectivity index (χ0v) is 16.0. The van der Waals surface area contributed by atoms with E-state index in [1.807, 2.05) is 36.4 Å². The summed E-state index contributed by atoms with van der Waals surface area (Å²) in [7, 11) is 0. The van der Waals surface area contributed by atoms with Crippen molar-refractivity contribution in [1.82, 2.24) is 14.9 Å². The number of nitrogen functional groups attached to an aromatic ring is 1. The highest BCUT2D eigenvalue weighted by Gasteiger charge is 2.10. The number of rotatable bonds is 6. The van der Waals surface area contributed by atoms with Crippen molar-refractivity contribution in [3.8, 4) is 0 Å². The molecule has 0 amide bonds. The Morgan fingerprint density at radius 2 is 2.08 bits per heavy atom. The summed E-state index contributed by atoms with van der Waals surface area (Å²) in [4.78, 5) is 0. The van der Waals surface area contributed by atoms with Crippen molar-refractivity contribution >= 4 is 39.9 Å². The lowest BCUT2D eigenvalue weighted by atomic mass is 10.1. The van der Waals surface area contributed by atoms with Gasteiger partial charge in [-0.3, -0.25) is 0 Å². The van der Waals surface area contributed by atoms with Crippen molar-refractivity contribution in [2.75, 3.05) is 11.3 Å². The highest BCUT2D eigenvalue weighted by Crippen LogP contribution is 2.23. The summed E-state index contributed by atoms with van der Waals surface area (Å²) in [6.45, 7) is 2.09. The fraction of sp³-hybridized carbons (Fsp3) is 0.118. The van der Waals surface area contributed by atoms with Gasteiger partial charge in [0.1, 0.15) is 0 Å². The maximum atomic E-state index is 6.04. The summed E-state index contributed by atoms with van der Waals surface area (Å²) < 4.78 is 2.40. The molecule has 8 heteroatoms. The highest BCUT2D eigenvalue weighted by atomic mass is 79.9. The van der Waals surface area contributed by atoms with Crippen LogP contribution in [-0.2, 0) is 5.75 Å². The van der Waals surface area contributed by atoms with Crippen LogP contribution >= 0.6 is 27.7 Å². The molecule has 6 nitrogen and oxygen atoms in total. The molecule has 0 atom stereocenters. The van der Waals surface area contributed by atoms with Gasteiger partial charge in [-0.05, 0) is 35.7 Å². The first-order chi connectivity index (χ1) is 12.1. The number of hydrazone groups is 1. The van der Waals surface area contributed by atoms with Crippen molar-refractivity contribution < 1.29 is 0 Å². The second-order valence-corrected chi connectivity index (χ2v) is 7.17. The lowest BCUT2D eigenvalue weighted by Crippen LogP contribution is -2.13. The first-order valence-electron chi connectivity index (χ1n) is 7.56. The van der Waals surface area contributed by atoms with Crippen LogP contribution in [0.15, 0.2) is 63.3 Å². The molecule has 2 aromatic carbocycles. The van der Waals surface area contributed by atoms with Gasteiger partial charge in [0.25, 0.3) is 5.95 Å². The van der Waals surface area contributed by atoms with Gasteiger partial charge < -0.3 is 5.84 Å². The first kappa shape index (κ1) is 17.5. The highest BCUT2D eigenvalue weighted by molar-refractivity contribution is 9.10. The molecule has 0 spiro atoms. The van der Waals surface area contributed by atoms with E-state index < -0.39 is 0 Å². The lowest BCUT2D eigenvalue weighted by molar-refractivity contribution is 0.847. The predicted molar refractivity (Wildman–Crippen MR) is 106 cm³/mol. The number of hydrogen-bond acceptors (Lipinski definition) is 6. The van der Waals surface area contributed by atoms with Crippen LogP contribution in [0, 0.1) is 6.92 Å². The van der Waals surface area contributed by atoms with Crippen LogP contribution in [0.3, 0.4) is 0 Å². The van der Waals surface area contributed by atoms with E-state index in [0.29, 0.717) is 11.1 Å². The van der Waals surface area contributed by atoms with E-state index >= 15 is 0 Å². The molecule has 0 aliphatic heterocycles. The minimum atomic E-state index is 0.388. The molecule has 1 heterocycles. The maximum Gasteiger partial charge on any atom is 0.264 e. The van der Waals surface area contributed by atoms with Crippen LogP contribution in [0.1, 0.15) is 16.7 Å². The van der Waals surface area contributed by atoms with Crippen LogP contribution in [0.2, 0.25) is 0 Å². The van der Waals surface area contributed by atoms with E-state index in [2.05, 4.69) is 55.7 Å². The molecule has 0 aliphatic carbocycles. The SMILES string of the molecule is Cc1ccccc1CSc1nnc(N/N=C/c2cccc(Br)c2)n1N. The summed E-state index contributed by atoms with van der Waals surface area (Å²) >= 11 is 4.96. The summed E-state index contributed by atoms with van der Waals surface area (Å²) in [6, 6.07) is 16.1. The van der Waals surface area contributed by atoms with E-state index in [1.165, 1.54) is 27.6 Å². The van der Waals surface area contributed by atoms with E-state index in [9.17, 15) is 0 Å². The number of aromatic nitrogens is 3. The number of hydrogen-bond donors (Lipinski definition) is 2. The molecule has 0 radical (unpaired) electrons. The molecular weight excluding hydrogens is 400 g/mol. The Hall–Kier alpha value is -2.32. The van der Waals surface area contributed by atoms with Gasteiger partial charge in [0.15, 0.2) is 0 Å². The third-order valence-electron chi connectivity index (χ3n) is 3.51. The molecule has 0 aliphatic rings. The average Bonchev–Trinajstić information content (AvgIpc) is 2.95. The third kappa shape index (κ3) is 4.61. The second kappa shape index (κ2) is 8.17. The van der Waals surface area contributed by atoms with Crippen molar-refractivity contribution in [2.24, 2.45) is 5.10 Å². The van der Waals surface area contributed by atoms with Gasteiger partial charge >= 0.3 is 0 Å². The Labute approximate surface area is 158 Å². The normalized spacial score (nSPS) is 11.1. The van der Waals surface area contributed by atoms with Crippen molar-refractivity contribution in [1.29, 1.82) is 0 Å². The van der Waals surface area contributed by atoms with E-state index in [0.717, 1.165) is 15.8 Å². The van der Waals surface area contributed by atoms with Crippen molar-refractivity contribution in [3.05, 3.63) is 69.7 Å². The Morgan fingerprint density at radius 3 is 2.88 bits per heavy atom. The van der Waals surface area contributed by atoms with Gasteiger partial charge in [0.05, 0.1) is 6.21 Å².